The molecule has 0 fully saturated rings. The molecule has 1 heterocycles. The van der Waals surface area contributed by atoms with Crippen molar-refractivity contribution in [3.63, 3.8) is 0 Å². The van der Waals surface area contributed by atoms with Crippen LogP contribution in [0.1, 0.15) is 5.82 Å². The van der Waals surface area contributed by atoms with Crippen LogP contribution in [-0.4, -0.2) is 15.3 Å². The summed E-state index contributed by atoms with van der Waals surface area (Å²) in [5, 5.41) is 0.730. The number of halogens is 1. The van der Waals surface area contributed by atoms with Gasteiger partial charge < -0.3 is 4.57 Å². The van der Waals surface area contributed by atoms with Gasteiger partial charge in [0.25, 0.3) is 0 Å². The Balaban J connectivity index is 2.61. The smallest absolute Gasteiger partial charge is 0.110 e. The maximum Gasteiger partial charge on any atom is 0.110 e. The minimum absolute atomic E-state index is 0.730. The summed E-state index contributed by atoms with van der Waals surface area (Å²) >= 11 is 10.1. The van der Waals surface area contributed by atoms with E-state index in [-0.39, 0.29) is 0 Å². The highest BCUT2D eigenvalue weighted by atomic mass is 35.5. The Labute approximate surface area is 93.3 Å². The molecule has 0 atom stereocenters. The van der Waals surface area contributed by atoms with Crippen molar-refractivity contribution >= 4 is 35.3 Å². The highest BCUT2D eigenvalue weighted by Crippen LogP contribution is 2.19. The van der Waals surface area contributed by atoms with Crippen molar-refractivity contribution in [3.8, 4) is 0 Å². The Morgan fingerprint density at radius 1 is 1.50 bits per heavy atom. The van der Waals surface area contributed by atoms with Gasteiger partial charge in [-0.1, -0.05) is 11.6 Å². The predicted molar refractivity (Wildman–Crippen MR) is 63.3 cm³/mol. The van der Waals surface area contributed by atoms with Crippen LogP contribution in [0.4, 0.5) is 0 Å². The van der Waals surface area contributed by atoms with Crippen LogP contribution >= 0.6 is 24.2 Å². The number of rotatable bonds is 2. The molecule has 0 aliphatic rings. The summed E-state index contributed by atoms with van der Waals surface area (Å²) in [5.41, 5.74) is 2.07. The topological polar surface area (TPSA) is 17.8 Å². The van der Waals surface area contributed by atoms with Gasteiger partial charge in [-0.3, -0.25) is 0 Å². The number of nitrogens with zero attached hydrogens (tertiary/aromatic N) is 2. The lowest BCUT2D eigenvalue weighted by atomic mass is 10.3. The Bertz CT molecular complexity index is 464. The molecule has 2 aromatic rings. The lowest BCUT2D eigenvalue weighted by Gasteiger charge is -1.98. The minimum atomic E-state index is 0.730. The van der Waals surface area contributed by atoms with Gasteiger partial charge in [-0.05, 0) is 24.0 Å². The zero-order chi connectivity index (χ0) is 10.1. The molecule has 14 heavy (non-hydrogen) atoms. The first-order valence-electron chi connectivity index (χ1n) is 4.44. The molecule has 2 rings (SSSR count). The van der Waals surface area contributed by atoms with Crippen LogP contribution in [0, 0.1) is 0 Å². The number of fused-ring (bicyclic) bond motifs is 1. The standard InChI is InChI=1S/C10H11ClN2S/c1-13-9-3-2-7(11)6-8(9)12-10(13)4-5-14/h2-3,6,14H,4-5H2,1H3. The van der Waals surface area contributed by atoms with Crippen LogP contribution in [0.15, 0.2) is 18.2 Å². The lowest BCUT2D eigenvalue weighted by molar-refractivity contribution is 0.834. The fraction of sp³-hybridized carbons (Fsp3) is 0.300. The fourth-order valence-corrected chi connectivity index (χ4v) is 1.91. The van der Waals surface area contributed by atoms with Crippen molar-refractivity contribution < 1.29 is 0 Å². The summed E-state index contributed by atoms with van der Waals surface area (Å²) < 4.78 is 2.09. The molecule has 0 saturated carbocycles. The van der Waals surface area contributed by atoms with Crippen molar-refractivity contribution in [1.29, 1.82) is 0 Å². The van der Waals surface area contributed by atoms with Crippen LogP contribution < -0.4 is 0 Å². The summed E-state index contributed by atoms with van der Waals surface area (Å²) in [5.74, 6) is 1.86. The minimum Gasteiger partial charge on any atom is -0.331 e. The molecule has 0 saturated heterocycles. The third-order valence-corrected chi connectivity index (χ3v) is 2.73. The molecule has 0 spiro atoms. The molecule has 74 valence electrons. The number of aromatic nitrogens is 2. The van der Waals surface area contributed by atoms with E-state index in [4.69, 9.17) is 11.6 Å². The van der Waals surface area contributed by atoms with Crippen molar-refractivity contribution in [2.24, 2.45) is 7.05 Å². The molecule has 0 N–H and O–H groups in total. The van der Waals surface area contributed by atoms with Gasteiger partial charge in [0.1, 0.15) is 5.82 Å². The van der Waals surface area contributed by atoms with Gasteiger partial charge in [-0.25, -0.2) is 4.98 Å². The summed E-state index contributed by atoms with van der Waals surface area (Å²) in [6.07, 6.45) is 0.881. The summed E-state index contributed by atoms with van der Waals surface area (Å²) in [4.78, 5) is 4.49. The normalized spacial score (nSPS) is 11.1. The van der Waals surface area contributed by atoms with Gasteiger partial charge in [0, 0.05) is 18.5 Å². The van der Waals surface area contributed by atoms with Gasteiger partial charge in [0.05, 0.1) is 11.0 Å². The highest BCUT2D eigenvalue weighted by molar-refractivity contribution is 7.80. The molecule has 2 nitrogen and oxygen atoms in total. The Hall–Kier alpha value is -0.670. The molecule has 0 amide bonds. The van der Waals surface area contributed by atoms with Gasteiger partial charge in [0.15, 0.2) is 0 Å². The molecule has 0 aliphatic heterocycles. The van der Waals surface area contributed by atoms with Crippen LogP contribution in [-0.2, 0) is 13.5 Å². The Morgan fingerprint density at radius 3 is 3.00 bits per heavy atom. The maximum atomic E-state index is 5.89. The largest absolute Gasteiger partial charge is 0.331 e. The zero-order valence-corrected chi connectivity index (χ0v) is 9.52. The van der Waals surface area contributed by atoms with E-state index in [0.29, 0.717) is 0 Å². The van der Waals surface area contributed by atoms with Gasteiger partial charge >= 0.3 is 0 Å². The molecular formula is C10H11ClN2S. The monoisotopic (exact) mass is 226 g/mol. The van der Waals surface area contributed by atoms with E-state index < -0.39 is 0 Å². The van der Waals surface area contributed by atoms with Crippen molar-refractivity contribution in [1.82, 2.24) is 9.55 Å². The number of hydrogen-bond donors (Lipinski definition) is 1. The first-order valence-corrected chi connectivity index (χ1v) is 5.45. The Kier molecular flexibility index (Phi) is 2.70. The highest BCUT2D eigenvalue weighted by Gasteiger charge is 2.06. The van der Waals surface area contributed by atoms with Gasteiger partial charge in [-0.15, -0.1) is 0 Å². The van der Waals surface area contributed by atoms with Gasteiger partial charge in [-0.2, -0.15) is 12.6 Å². The molecule has 4 heteroatoms. The van der Waals surface area contributed by atoms with E-state index in [1.807, 2.05) is 25.2 Å². The van der Waals surface area contributed by atoms with Crippen LogP contribution in [0.5, 0.6) is 0 Å². The van der Waals surface area contributed by atoms with Crippen LogP contribution in [0.25, 0.3) is 11.0 Å². The average molecular weight is 227 g/mol. The third kappa shape index (κ3) is 1.62. The SMILES string of the molecule is Cn1c(CCS)nc2cc(Cl)ccc21. The van der Waals surface area contributed by atoms with E-state index in [1.165, 1.54) is 0 Å². The number of benzene rings is 1. The van der Waals surface area contributed by atoms with E-state index in [9.17, 15) is 0 Å². The van der Waals surface area contributed by atoms with Crippen LogP contribution in [0.3, 0.4) is 0 Å². The second kappa shape index (κ2) is 3.83. The van der Waals surface area contributed by atoms with E-state index in [2.05, 4.69) is 22.2 Å². The number of hydrogen-bond acceptors (Lipinski definition) is 2. The second-order valence-electron chi connectivity index (χ2n) is 3.19. The number of thiol groups is 1. The first-order chi connectivity index (χ1) is 6.72. The molecule has 0 bridgehead atoms. The fourth-order valence-electron chi connectivity index (χ4n) is 1.55. The van der Waals surface area contributed by atoms with Gasteiger partial charge in [0.2, 0.25) is 0 Å². The zero-order valence-electron chi connectivity index (χ0n) is 7.87. The van der Waals surface area contributed by atoms with Crippen molar-refractivity contribution in [2.45, 2.75) is 6.42 Å². The van der Waals surface area contributed by atoms with Crippen LogP contribution in [0.2, 0.25) is 5.02 Å². The second-order valence-corrected chi connectivity index (χ2v) is 4.08. The third-order valence-electron chi connectivity index (χ3n) is 2.27. The summed E-state index contributed by atoms with van der Waals surface area (Å²) in [7, 11) is 2.02. The molecule has 0 radical (unpaired) electrons. The molecule has 1 aromatic heterocycles. The Morgan fingerprint density at radius 2 is 2.29 bits per heavy atom. The van der Waals surface area contributed by atoms with Crippen molar-refractivity contribution in [2.75, 3.05) is 5.75 Å². The number of imidazole rings is 1. The molecule has 0 aliphatic carbocycles. The quantitative estimate of drug-likeness (QED) is 0.780. The maximum absolute atomic E-state index is 5.89. The van der Waals surface area contributed by atoms with E-state index >= 15 is 0 Å². The lowest BCUT2D eigenvalue weighted by Crippen LogP contribution is -1.98. The van der Waals surface area contributed by atoms with E-state index in [1.54, 1.807) is 0 Å². The summed E-state index contributed by atoms with van der Waals surface area (Å²) in [6, 6.07) is 5.77. The first kappa shape index (κ1) is 9.87. The molecule has 0 unspecified atom stereocenters. The van der Waals surface area contributed by atoms with E-state index in [0.717, 1.165) is 34.1 Å². The summed E-state index contributed by atoms with van der Waals surface area (Å²) in [6.45, 7) is 0. The number of aryl methyl sites for hydroxylation is 2. The molecule has 1 aromatic carbocycles. The van der Waals surface area contributed by atoms with Crippen molar-refractivity contribution in [3.05, 3.63) is 29.0 Å². The average Bonchev–Trinajstić information content (AvgIpc) is 2.44. The molecular weight excluding hydrogens is 216 g/mol. The predicted octanol–water partition coefficient (Wildman–Crippen LogP) is 2.70.